The maximum absolute atomic E-state index is 12.0. The molecule has 3 nitrogen and oxygen atoms in total. The molecule has 17 heavy (non-hydrogen) atoms. The SMILES string of the molecule is COc1ccc2c(c1)c(C(=O)CI)c(C)n2C. The lowest BCUT2D eigenvalue weighted by Gasteiger charge is -2.01. The topological polar surface area (TPSA) is 31.2 Å². The second-order valence-corrected chi connectivity index (χ2v) is 4.72. The van der Waals surface area contributed by atoms with Gasteiger partial charge in [-0.2, -0.15) is 0 Å². The number of halogens is 1. The van der Waals surface area contributed by atoms with Crippen LogP contribution in [0.2, 0.25) is 0 Å². The van der Waals surface area contributed by atoms with Gasteiger partial charge in [-0.05, 0) is 25.1 Å². The van der Waals surface area contributed by atoms with Crippen LogP contribution in [0.25, 0.3) is 10.9 Å². The summed E-state index contributed by atoms with van der Waals surface area (Å²) in [5.41, 5.74) is 2.89. The number of alkyl halides is 1. The molecule has 90 valence electrons. The van der Waals surface area contributed by atoms with Gasteiger partial charge in [-0.1, -0.05) is 22.6 Å². The second-order valence-electron chi connectivity index (χ2n) is 3.96. The van der Waals surface area contributed by atoms with E-state index in [1.54, 1.807) is 7.11 Å². The summed E-state index contributed by atoms with van der Waals surface area (Å²) in [7, 11) is 3.62. The van der Waals surface area contributed by atoms with Crippen LogP contribution < -0.4 is 4.74 Å². The fourth-order valence-corrected chi connectivity index (χ4v) is 2.48. The van der Waals surface area contributed by atoms with Crippen molar-refractivity contribution < 1.29 is 9.53 Å². The summed E-state index contributed by atoms with van der Waals surface area (Å²) in [5.74, 6) is 0.951. The lowest BCUT2D eigenvalue weighted by molar-refractivity contribution is 0.102. The smallest absolute Gasteiger partial charge is 0.174 e. The van der Waals surface area contributed by atoms with Crippen molar-refractivity contribution in [3.05, 3.63) is 29.5 Å². The second kappa shape index (κ2) is 4.68. The number of carbonyl (C=O) groups is 1. The molecular formula is C13H14INO2. The molecule has 2 rings (SSSR count). The molecule has 1 aromatic carbocycles. The average Bonchev–Trinajstić information content (AvgIpc) is 2.60. The van der Waals surface area contributed by atoms with Crippen LogP contribution >= 0.6 is 22.6 Å². The van der Waals surface area contributed by atoms with Gasteiger partial charge in [-0.3, -0.25) is 4.79 Å². The van der Waals surface area contributed by atoms with Gasteiger partial charge in [0.1, 0.15) is 5.75 Å². The first kappa shape index (κ1) is 12.4. The van der Waals surface area contributed by atoms with Crippen molar-refractivity contribution in [1.29, 1.82) is 0 Å². The Morgan fingerprint density at radius 2 is 2.18 bits per heavy atom. The highest BCUT2D eigenvalue weighted by atomic mass is 127. The average molecular weight is 343 g/mol. The summed E-state index contributed by atoms with van der Waals surface area (Å²) in [6.45, 7) is 1.98. The Balaban J connectivity index is 2.80. The number of benzene rings is 1. The van der Waals surface area contributed by atoms with Crippen LogP contribution in [0.4, 0.5) is 0 Å². The Morgan fingerprint density at radius 1 is 1.47 bits per heavy atom. The quantitative estimate of drug-likeness (QED) is 0.487. The minimum atomic E-state index is 0.168. The third kappa shape index (κ3) is 1.94. The van der Waals surface area contributed by atoms with Crippen molar-refractivity contribution >= 4 is 39.3 Å². The van der Waals surface area contributed by atoms with Crippen molar-refractivity contribution in [1.82, 2.24) is 4.57 Å². The summed E-state index contributed by atoms with van der Waals surface area (Å²) >= 11 is 2.10. The third-order valence-corrected chi connectivity index (χ3v) is 3.79. The highest BCUT2D eigenvalue weighted by molar-refractivity contribution is 14.1. The number of carbonyl (C=O) groups excluding carboxylic acids is 1. The lowest BCUT2D eigenvalue weighted by atomic mass is 10.1. The Labute approximate surface area is 114 Å². The summed E-state index contributed by atoms with van der Waals surface area (Å²) in [6.07, 6.45) is 0. The first-order chi connectivity index (χ1) is 8.10. The minimum absolute atomic E-state index is 0.168. The lowest BCUT2D eigenvalue weighted by Crippen LogP contribution is -2.02. The van der Waals surface area contributed by atoms with Gasteiger partial charge in [0.2, 0.25) is 0 Å². The summed E-state index contributed by atoms with van der Waals surface area (Å²) in [6, 6.07) is 5.84. The van der Waals surface area contributed by atoms with E-state index >= 15 is 0 Å². The van der Waals surface area contributed by atoms with Crippen molar-refractivity contribution in [2.24, 2.45) is 7.05 Å². The van der Waals surface area contributed by atoms with E-state index in [1.807, 2.05) is 36.7 Å². The third-order valence-electron chi connectivity index (χ3n) is 3.10. The molecule has 0 N–H and O–H groups in total. The van der Waals surface area contributed by atoms with Gasteiger partial charge in [0.15, 0.2) is 5.78 Å². The van der Waals surface area contributed by atoms with Gasteiger partial charge in [0.05, 0.1) is 11.5 Å². The maximum Gasteiger partial charge on any atom is 0.174 e. The highest BCUT2D eigenvalue weighted by Gasteiger charge is 2.17. The number of rotatable bonds is 3. The number of Topliss-reactive ketones (excluding diaryl/α,β-unsaturated/α-hetero) is 1. The van der Waals surface area contributed by atoms with Crippen LogP contribution in [0, 0.1) is 6.92 Å². The van der Waals surface area contributed by atoms with Gasteiger partial charge in [-0.15, -0.1) is 0 Å². The predicted molar refractivity (Wildman–Crippen MR) is 77.4 cm³/mol. The summed E-state index contributed by atoms with van der Waals surface area (Å²) < 4.78 is 7.76. The van der Waals surface area contributed by atoms with Crippen molar-refractivity contribution in [2.75, 3.05) is 11.5 Å². The molecule has 1 aromatic heterocycles. The van der Waals surface area contributed by atoms with Crippen molar-refractivity contribution in [3.8, 4) is 5.75 Å². The molecule has 0 aliphatic rings. The molecule has 0 bridgehead atoms. The van der Waals surface area contributed by atoms with Crippen molar-refractivity contribution in [2.45, 2.75) is 6.92 Å². The highest BCUT2D eigenvalue weighted by Crippen LogP contribution is 2.29. The number of nitrogens with zero attached hydrogens (tertiary/aromatic N) is 1. The van der Waals surface area contributed by atoms with Crippen LogP contribution in [-0.4, -0.2) is 21.9 Å². The molecule has 0 amide bonds. The number of aryl methyl sites for hydroxylation is 1. The van der Waals surface area contributed by atoms with E-state index < -0.39 is 0 Å². The Morgan fingerprint density at radius 3 is 2.76 bits per heavy atom. The number of ketones is 1. The minimum Gasteiger partial charge on any atom is -0.497 e. The molecule has 0 aliphatic carbocycles. The van der Waals surface area contributed by atoms with Crippen LogP contribution in [0.3, 0.4) is 0 Å². The number of aromatic nitrogens is 1. The van der Waals surface area contributed by atoms with E-state index in [0.717, 1.165) is 27.9 Å². The maximum atomic E-state index is 12.0. The zero-order valence-corrected chi connectivity index (χ0v) is 12.2. The van der Waals surface area contributed by atoms with E-state index in [1.165, 1.54) is 0 Å². The monoisotopic (exact) mass is 343 g/mol. The molecule has 0 unspecified atom stereocenters. The fourth-order valence-electron chi connectivity index (χ4n) is 2.10. The molecule has 0 saturated heterocycles. The molecule has 0 saturated carbocycles. The number of hydrogen-bond acceptors (Lipinski definition) is 2. The molecule has 0 aliphatic heterocycles. The predicted octanol–water partition coefficient (Wildman–Crippen LogP) is 3.11. The molecular weight excluding hydrogens is 329 g/mol. The van der Waals surface area contributed by atoms with Gasteiger partial charge in [0, 0.05) is 29.2 Å². The zero-order valence-electron chi connectivity index (χ0n) is 10.1. The van der Waals surface area contributed by atoms with Crippen LogP contribution in [0.15, 0.2) is 18.2 Å². The molecule has 1 heterocycles. The van der Waals surface area contributed by atoms with E-state index in [9.17, 15) is 4.79 Å². The number of ether oxygens (including phenoxy) is 1. The van der Waals surface area contributed by atoms with E-state index in [2.05, 4.69) is 22.6 Å². The molecule has 0 fully saturated rings. The Bertz CT molecular complexity index is 587. The van der Waals surface area contributed by atoms with Crippen LogP contribution in [0.5, 0.6) is 5.75 Å². The standard InChI is InChI=1S/C13H14INO2/c1-8-13(12(16)7-14)10-6-9(17-3)4-5-11(10)15(8)2/h4-6H,7H2,1-3H3. The number of methoxy groups -OCH3 is 1. The normalized spacial score (nSPS) is 10.8. The first-order valence-corrected chi connectivity index (χ1v) is 6.85. The summed E-state index contributed by atoms with van der Waals surface area (Å²) in [5, 5.41) is 0.978. The van der Waals surface area contributed by atoms with Crippen LogP contribution in [0.1, 0.15) is 16.1 Å². The Kier molecular flexibility index (Phi) is 3.42. The van der Waals surface area contributed by atoms with Crippen LogP contribution in [-0.2, 0) is 7.05 Å². The largest absolute Gasteiger partial charge is 0.497 e. The van der Waals surface area contributed by atoms with E-state index in [4.69, 9.17) is 4.74 Å². The van der Waals surface area contributed by atoms with Gasteiger partial charge >= 0.3 is 0 Å². The molecule has 0 radical (unpaired) electrons. The van der Waals surface area contributed by atoms with Gasteiger partial charge in [0.25, 0.3) is 0 Å². The molecule has 4 heteroatoms. The first-order valence-electron chi connectivity index (χ1n) is 5.32. The van der Waals surface area contributed by atoms with Crippen molar-refractivity contribution in [3.63, 3.8) is 0 Å². The number of hydrogen-bond donors (Lipinski definition) is 0. The molecule has 2 aromatic rings. The fraction of sp³-hybridized carbons (Fsp3) is 0.308. The van der Waals surface area contributed by atoms with E-state index in [0.29, 0.717) is 4.43 Å². The van der Waals surface area contributed by atoms with Gasteiger partial charge in [-0.25, -0.2) is 0 Å². The molecule has 0 spiro atoms. The number of fused-ring (bicyclic) bond motifs is 1. The summed E-state index contributed by atoms with van der Waals surface area (Å²) in [4.78, 5) is 12.0. The van der Waals surface area contributed by atoms with Gasteiger partial charge < -0.3 is 9.30 Å². The Hall–Kier alpha value is -1.04. The van der Waals surface area contributed by atoms with E-state index in [-0.39, 0.29) is 5.78 Å². The zero-order chi connectivity index (χ0) is 12.6. The molecule has 0 atom stereocenters.